The van der Waals surface area contributed by atoms with Crippen LogP contribution in [0.25, 0.3) is 0 Å². The monoisotopic (exact) mass is 119 g/mol. The van der Waals surface area contributed by atoms with Crippen LogP contribution in [0.1, 0.15) is 0 Å². The van der Waals surface area contributed by atoms with Crippen LogP contribution < -0.4 is 0 Å². The summed E-state index contributed by atoms with van der Waals surface area (Å²) in [4.78, 5) is 0. The SMILES string of the molecule is [C-]#C[SiH3].[O]=[Ti+]. The third-order valence-corrected chi connectivity index (χ3v) is 0. The van der Waals surface area contributed by atoms with Crippen molar-refractivity contribution < 1.29 is 23.7 Å². The summed E-state index contributed by atoms with van der Waals surface area (Å²) in [5, 5.41) is 0. The Bertz CT molecular complexity index is 39.4. The first-order chi connectivity index (χ1) is 2.41. The van der Waals surface area contributed by atoms with E-state index >= 15 is 0 Å². The summed E-state index contributed by atoms with van der Waals surface area (Å²) in [6, 6.07) is 0. The van der Waals surface area contributed by atoms with Crippen LogP contribution >= 0.6 is 0 Å². The van der Waals surface area contributed by atoms with Gasteiger partial charge in [0, 0.05) is 10.2 Å². The Kier molecular flexibility index (Phi) is 50.2. The van der Waals surface area contributed by atoms with Crippen molar-refractivity contribution in [3.63, 3.8) is 0 Å². The summed E-state index contributed by atoms with van der Waals surface area (Å²) in [7, 11) is 0.785. The van der Waals surface area contributed by atoms with Gasteiger partial charge in [0.05, 0.1) is 0 Å². The van der Waals surface area contributed by atoms with Gasteiger partial charge in [-0.15, -0.1) is 0 Å². The molecule has 0 spiro atoms. The molecule has 0 N–H and O–H groups in total. The Morgan fingerprint density at radius 2 is 1.80 bits per heavy atom. The molecule has 0 rings (SSSR count). The zero-order valence-corrected chi connectivity index (χ0v) is 6.47. The van der Waals surface area contributed by atoms with E-state index in [0.29, 0.717) is 0 Å². The molecule has 0 aliphatic heterocycles. The standard InChI is InChI=1S/C2H3Si.O.Ti/c1-2-3;;/h3H3;;/q-1;;+1. The first-order valence-electron chi connectivity index (χ1n) is 0.954. The molecule has 0 saturated carbocycles. The van der Waals surface area contributed by atoms with Crippen molar-refractivity contribution in [1.82, 2.24) is 0 Å². The molecule has 0 bridgehead atoms. The van der Waals surface area contributed by atoms with Crippen LogP contribution in [-0.2, 0) is 23.7 Å². The second kappa shape index (κ2) is 27.9. The first-order valence-corrected chi connectivity index (χ1v) is 2.59. The molecule has 25 valence electrons. The van der Waals surface area contributed by atoms with Gasteiger partial charge < -0.3 is 12.0 Å². The molecular weight excluding hydrogens is 116 g/mol. The maximum absolute atomic E-state index is 8.25. The Balaban J connectivity index is 0. The van der Waals surface area contributed by atoms with E-state index < -0.39 is 0 Å². The molecular formula is C2H3OSiTi. The van der Waals surface area contributed by atoms with E-state index in [0.717, 1.165) is 30.6 Å². The van der Waals surface area contributed by atoms with Gasteiger partial charge in [0.1, 0.15) is 0 Å². The van der Waals surface area contributed by atoms with Gasteiger partial charge in [0.15, 0.2) is 0 Å². The van der Waals surface area contributed by atoms with Crippen LogP contribution in [0.2, 0.25) is 0 Å². The van der Waals surface area contributed by atoms with Gasteiger partial charge in [-0.25, -0.2) is 0 Å². The molecule has 0 unspecified atom stereocenters. The van der Waals surface area contributed by atoms with E-state index in [1.54, 1.807) is 0 Å². The van der Waals surface area contributed by atoms with Gasteiger partial charge in [0.2, 0.25) is 0 Å². The van der Waals surface area contributed by atoms with Crippen LogP contribution in [0.4, 0.5) is 0 Å². The molecule has 0 amide bonds. The molecule has 0 aromatic rings. The van der Waals surface area contributed by atoms with E-state index in [4.69, 9.17) is 9.75 Å². The van der Waals surface area contributed by atoms with Crippen LogP contribution in [0.15, 0.2) is 0 Å². The van der Waals surface area contributed by atoms with Crippen LogP contribution in [0.5, 0.6) is 0 Å². The predicted octanol–water partition coefficient (Wildman–Crippen LogP) is -1.22. The Morgan fingerprint density at radius 1 is 1.80 bits per heavy atom. The molecule has 0 atom stereocenters. The van der Waals surface area contributed by atoms with Crippen molar-refractivity contribution in [3.8, 4) is 5.54 Å². The molecule has 0 heterocycles. The fraction of sp³-hybridized carbons (Fsp3) is 0. The number of rotatable bonds is 0. The average molecular weight is 119 g/mol. The van der Waals surface area contributed by atoms with Crippen molar-refractivity contribution in [3.05, 3.63) is 6.42 Å². The molecule has 0 saturated heterocycles. The molecule has 0 radical (unpaired) electrons. The molecule has 0 fully saturated rings. The summed E-state index contributed by atoms with van der Waals surface area (Å²) >= 11 is 0.750. The van der Waals surface area contributed by atoms with E-state index in [1.807, 2.05) is 0 Å². The van der Waals surface area contributed by atoms with Gasteiger partial charge >= 0.3 is 23.7 Å². The molecule has 0 aliphatic rings. The average Bonchev–Trinajstić information content (AvgIpc) is 1.46. The maximum atomic E-state index is 8.25. The zero-order chi connectivity index (χ0) is 4.71. The van der Waals surface area contributed by atoms with Crippen molar-refractivity contribution in [2.24, 2.45) is 0 Å². The molecule has 5 heavy (non-hydrogen) atoms. The van der Waals surface area contributed by atoms with Crippen molar-refractivity contribution in [2.75, 3.05) is 0 Å². The number of hydrogen-bond acceptors (Lipinski definition) is 1. The Labute approximate surface area is 46.3 Å². The zero-order valence-electron chi connectivity index (χ0n) is 2.91. The predicted molar refractivity (Wildman–Crippen MR) is 17.8 cm³/mol. The molecule has 0 aromatic carbocycles. The Morgan fingerprint density at radius 3 is 1.80 bits per heavy atom. The molecule has 0 aliphatic carbocycles. The third-order valence-electron chi connectivity index (χ3n) is 0. The molecule has 3 heteroatoms. The topological polar surface area (TPSA) is 17.1 Å². The van der Waals surface area contributed by atoms with Crippen LogP contribution in [-0.4, -0.2) is 10.2 Å². The minimum absolute atomic E-state index is 0.750. The first kappa shape index (κ1) is 9.00. The second-order valence-corrected chi connectivity index (χ2v) is 0.750. The van der Waals surface area contributed by atoms with Gasteiger partial charge in [0.25, 0.3) is 0 Å². The third kappa shape index (κ3) is 266. The van der Waals surface area contributed by atoms with E-state index in [9.17, 15) is 0 Å². The number of hydrogen-bond donors (Lipinski definition) is 0. The van der Waals surface area contributed by atoms with Gasteiger partial charge in [-0.05, 0) is 0 Å². The summed E-state index contributed by atoms with van der Waals surface area (Å²) in [6.45, 7) is 0. The summed E-state index contributed by atoms with van der Waals surface area (Å²) < 4.78 is 8.25. The van der Waals surface area contributed by atoms with Gasteiger partial charge in [-0.3, -0.25) is 0 Å². The van der Waals surface area contributed by atoms with Crippen LogP contribution in [0, 0.1) is 12.0 Å². The van der Waals surface area contributed by atoms with Gasteiger partial charge in [-0.2, -0.15) is 0 Å². The van der Waals surface area contributed by atoms with Crippen molar-refractivity contribution >= 4 is 10.2 Å². The van der Waals surface area contributed by atoms with Crippen molar-refractivity contribution in [1.29, 1.82) is 0 Å². The van der Waals surface area contributed by atoms with Crippen LogP contribution in [0.3, 0.4) is 0 Å². The van der Waals surface area contributed by atoms with Crippen molar-refractivity contribution in [2.45, 2.75) is 0 Å². The minimum atomic E-state index is 0.750. The molecule has 0 aromatic heterocycles. The Hall–Kier alpha value is 0.291. The fourth-order valence-corrected chi connectivity index (χ4v) is 0. The fourth-order valence-electron chi connectivity index (χ4n) is 0. The van der Waals surface area contributed by atoms with E-state index in [1.165, 1.54) is 0 Å². The summed E-state index contributed by atoms with van der Waals surface area (Å²) in [6.07, 6.45) is 6.02. The normalized spacial score (nSPS) is 3.40. The van der Waals surface area contributed by atoms with Gasteiger partial charge in [-0.1, -0.05) is 0 Å². The van der Waals surface area contributed by atoms with E-state index in [-0.39, 0.29) is 0 Å². The second-order valence-electron chi connectivity index (χ2n) is 0.250. The quantitative estimate of drug-likeness (QED) is 0.222. The summed E-state index contributed by atoms with van der Waals surface area (Å²) in [5.74, 6) is 0. The van der Waals surface area contributed by atoms with E-state index in [2.05, 4.69) is 5.54 Å². The molecule has 1 nitrogen and oxygen atoms in total. The summed E-state index contributed by atoms with van der Waals surface area (Å²) in [5.41, 5.74) is 2.14.